The molecule has 6 nitrogen and oxygen atoms in total. The maximum absolute atomic E-state index is 10.1. The van der Waals surface area contributed by atoms with Crippen molar-refractivity contribution in [3.05, 3.63) is 60.1 Å². The molecule has 1 aliphatic heterocycles. The molecule has 2 aromatic heterocycles. The highest BCUT2D eigenvalue weighted by molar-refractivity contribution is 5.68. The maximum atomic E-state index is 10.1. The molecule has 0 saturated carbocycles. The molecular formula is C23H29N3O3. The van der Waals surface area contributed by atoms with Gasteiger partial charge in [0.1, 0.15) is 11.5 Å². The minimum atomic E-state index is -0.441. The number of nitrogens with zero attached hydrogens (tertiary/aromatic N) is 3. The van der Waals surface area contributed by atoms with Crippen molar-refractivity contribution in [3.8, 4) is 11.3 Å². The third-order valence-corrected chi connectivity index (χ3v) is 5.32. The van der Waals surface area contributed by atoms with Crippen LogP contribution in [-0.4, -0.2) is 40.9 Å². The van der Waals surface area contributed by atoms with Crippen molar-refractivity contribution in [1.82, 2.24) is 10.1 Å². The first-order valence-electron chi connectivity index (χ1n) is 10.4. The summed E-state index contributed by atoms with van der Waals surface area (Å²) in [7, 11) is 0. The van der Waals surface area contributed by atoms with E-state index in [0.29, 0.717) is 19.6 Å². The van der Waals surface area contributed by atoms with Gasteiger partial charge in [-0.15, -0.1) is 0 Å². The average molecular weight is 396 g/mol. The van der Waals surface area contributed by atoms with Crippen LogP contribution in [0, 0.1) is 0 Å². The fourth-order valence-electron chi connectivity index (χ4n) is 4.02. The van der Waals surface area contributed by atoms with Crippen LogP contribution in [-0.2, 0) is 13.1 Å². The lowest BCUT2D eigenvalue weighted by atomic mass is 10.1. The minimum Gasteiger partial charge on any atom is -0.468 e. The van der Waals surface area contributed by atoms with Crippen molar-refractivity contribution in [3.63, 3.8) is 0 Å². The van der Waals surface area contributed by atoms with Crippen molar-refractivity contribution < 1.29 is 14.0 Å². The molecule has 1 atom stereocenters. The maximum Gasteiger partial charge on any atom is 0.232 e. The Morgan fingerprint density at radius 2 is 1.86 bits per heavy atom. The van der Waals surface area contributed by atoms with Crippen LogP contribution in [0.5, 0.6) is 0 Å². The highest BCUT2D eigenvalue weighted by Crippen LogP contribution is 2.34. The van der Waals surface area contributed by atoms with Gasteiger partial charge in [0.15, 0.2) is 0 Å². The van der Waals surface area contributed by atoms with E-state index in [4.69, 9.17) is 8.94 Å². The van der Waals surface area contributed by atoms with Gasteiger partial charge in [0.05, 0.1) is 24.5 Å². The van der Waals surface area contributed by atoms with Gasteiger partial charge < -0.3 is 18.9 Å². The molecule has 4 rings (SSSR count). The lowest BCUT2D eigenvalue weighted by Crippen LogP contribution is -2.33. The van der Waals surface area contributed by atoms with Gasteiger partial charge in [-0.2, -0.15) is 0 Å². The largest absolute Gasteiger partial charge is 0.468 e. The fourth-order valence-corrected chi connectivity index (χ4v) is 4.02. The number of aromatic nitrogens is 1. The number of piperidine rings is 1. The Balaban J connectivity index is 1.67. The van der Waals surface area contributed by atoms with Crippen LogP contribution in [0.1, 0.15) is 37.5 Å². The van der Waals surface area contributed by atoms with E-state index >= 15 is 0 Å². The second-order valence-electron chi connectivity index (χ2n) is 7.83. The molecule has 6 heteroatoms. The Hall–Kier alpha value is -2.57. The summed E-state index contributed by atoms with van der Waals surface area (Å²) in [6.45, 7) is 5.59. The lowest BCUT2D eigenvalue weighted by Gasteiger charge is -2.28. The molecule has 0 aliphatic carbocycles. The number of benzene rings is 1. The second kappa shape index (κ2) is 9.29. The zero-order chi connectivity index (χ0) is 20.1. The van der Waals surface area contributed by atoms with Crippen molar-refractivity contribution in [2.75, 3.05) is 24.5 Å². The van der Waals surface area contributed by atoms with E-state index in [1.54, 1.807) is 6.26 Å². The molecule has 1 unspecified atom stereocenters. The predicted molar refractivity (Wildman–Crippen MR) is 113 cm³/mol. The molecule has 3 aromatic rings. The van der Waals surface area contributed by atoms with Gasteiger partial charge in [-0.3, -0.25) is 4.90 Å². The summed E-state index contributed by atoms with van der Waals surface area (Å²) in [4.78, 5) is 4.50. The second-order valence-corrected chi connectivity index (χ2v) is 7.83. The molecule has 1 N–H and O–H groups in total. The first-order valence-corrected chi connectivity index (χ1v) is 10.4. The van der Waals surface area contributed by atoms with Gasteiger partial charge >= 0.3 is 0 Å². The topological polar surface area (TPSA) is 65.9 Å². The minimum absolute atomic E-state index is 0.441. The molecular weight excluding hydrogens is 366 g/mol. The molecule has 29 heavy (non-hydrogen) atoms. The molecule has 1 aromatic carbocycles. The highest BCUT2D eigenvalue weighted by atomic mass is 16.5. The predicted octanol–water partition coefficient (Wildman–Crippen LogP) is 4.31. The van der Waals surface area contributed by atoms with Crippen LogP contribution < -0.4 is 4.90 Å². The van der Waals surface area contributed by atoms with Gasteiger partial charge in [0, 0.05) is 31.7 Å². The Morgan fingerprint density at radius 3 is 2.55 bits per heavy atom. The van der Waals surface area contributed by atoms with E-state index < -0.39 is 6.10 Å². The van der Waals surface area contributed by atoms with Crippen LogP contribution in [0.4, 0.5) is 5.88 Å². The summed E-state index contributed by atoms with van der Waals surface area (Å²) in [5.41, 5.74) is 3.00. The fraction of sp³-hybridized carbons (Fsp3) is 0.435. The lowest BCUT2D eigenvalue weighted by molar-refractivity contribution is 0.113. The summed E-state index contributed by atoms with van der Waals surface area (Å²) in [5, 5.41) is 14.5. The van der Waals surface area contributed by atoms with E-state index in [-0.39, 0.29) is 0 Å². The highest BCUT2D eigenvalue weighted by Gasteiger charge is 2.26. The van der Waals surface area contributed by atoms with E-state index in [1.165, 1.54) is 19.3 Å². The molecule has 0 bridgehead atoms. The van der Waals surface area contributed by atoms with E-state index in [0.717, 1.165) is 41.6 Å². The number of aliphatic hydroxyl groups is 1. The quantitative estimate of drug-likeness (QED) is 0.613. The van der Waals surface area contributed by atoms with Crippen molar-refractivity contribution in [2.45, 2.75) is 45.4 Å². The molecule has 0 spiro atoms. The first-order chi connectivity index (χ1) is 14.2. The smallest absolute Gasteiger partial charge is 0.232 e. The Labute approximate surface area is 171 Å². The summed E-state index contributed by atoms with van der Waals surface area (Å²) >= 11 is 0. The molecule has 0 radical (unpaired) electrons. The normalized spacial score (nSPS) is 15.8. The van der Waals surface area contributed by atoms with Gasteiger partial charge in [-0.05, 0) is 38.3 Å². The number of anilines is 1. The van der Waals surface area contributed by atoms with Gasteiger partial charge in [0.25, 0.3) is 0 Å². The third-order valence-electron chi connectivity index (χ3n) is 5.32. The van der Waals surface area contributed by atoms with E-state index in [9.17, 15) is 5.11 Å². The summed E-state index contributed by atoms with van der Waals surface area (Å²) in [5.74, 6) is 1.74. The van der Waals surface area contributed by atoms with Crippen LogP contribution in [0.25, 0.3) is 11.3 Å². The monoisotopic (exact) mass is 395 g/mol. The zero-order valence-corrected chi connectivity index (χ0v) is 17.0. The van der Waals surface area contributed by atoms with Gasteiger partial charge in [0.2, 0.25) is 5.88 Å². The van der Waals surface area contributed by atoms with Crippen molar-refractivity contribution in [1.29, 1.82) is 0 Å². The van der Waals surface area contributed by atoms with E-state index in [2.05, 4.69) is 27.1 Å². The SMILES string of the molecule is CC(O)CN(Cc1ccco1)Cc1c(-c2ccccc2)noc1N1CCCCC1. The molecule has 154 valence electrons. The Bertz CT molecular complexity index is 868. The van der Waals surface area contributed by atoms with Crippen molar-refractivity contribution >= 4 is 5.88 Å². The van der Waals surface area contributed by atoms with E-state index in [1.807, 2.05) is 37.3 Å². The summed E-state index contributed by atoms with van der Waals surface area (Å²) in [6, 6.07) is 14.0. The molecule has 1 aliphatic rings. The molecule has 0 amide bonds. The number of aliphatic hydroxyl groups excluding tert-OH is 1. The van der Waals surface area contributed by atoms with Crippen molar-refractivity contribution in [2.24, 2.45) is 0 Å². The standard InChI is InChI=1S/C23H29N3O3/c1-18(27)15-25(16-20-11-8-14-28-20)17-21-22(19-9-4-2-5-10-19)24-29-23(21)26-12-6-3-7-13-26/h2,4-5,8-11,14,18,27H,3,6-7,12-13,15-17H2,1H3. The van der Waals surface area contributed by atoms with Crippen LogP contribution >= 0.6 is 0 Å². The zero-order valence-electron chi connectivity index (χ0n) is 17.0. The van der Waals surface area contributed by atoms with Gasteiger partial charge in [-0.25, -0.2) is 0 Å². The number of furan rings is 1. The summed E-state index contributed by atoms with van der Waals surface area (Å²) < 4.78 is 11.4. The van der Waals surface area contributed by atoms with Gasteiger partial charge in [-0.1, -0.05) is 35.5 Å². The number of hydrogen-bond acceptors (Lipinski definition) is 6. The number of rotatable bonds is 8. The van der Waals surface area contributed by atoms with Crippen LogP contribution in [0.2, 0.25) is 0 Å². The third kappa shape index (κ3) is 4.89. The molecule has 3 heterocycles. The average Bonchev–Trinajstić information content (AvgIpc) is 3.39. The molecule has 1 saturated heterocycles. The Kier molecular flexibility index (Phi) is 6.32. The number of hydrogen-bond donors (Lipinski definition) is 1. The van der Waals surface area contributed by atoms with Crippen LogP contribution in [0.15, 0.2) is 57.7 Å². The summed E-state index contributed by atoms with van der Waals surface area (Å²) in [6.07, 6.45) is 4.85. The van der Waals surface area contributed by atoms with Crippen LogP contribution in [0.3, 0.4) is 0 Å². The molecule has 1 fully saturated rings. The first kappa shape index (κ1) is 19.7. The Morgan fingerprint density at radius 1 is 1.07 bits per heavy atom.